The van der Waals surface area contributed by atoms with Crippen molar-refractivity contribution in [2.75, 3.05) is 20.6 Å². The number of hydrogen-bond acceptors (Lipinski definition) is 4. The number of carbonyl (C=O) groups excluding carboxylic acids is 1. The molecule has 1 amide bonds. The average Bonchev–Trinajstić information content (AvgIpc) is 3.15. The van der Waals surface area contributed by atoms with E-state index in [0.29, 0.717) is 0 Å². The van der Waals surface area contributed by atoms with E-state index in [4.69, 9.17) is 4.52 Å². The number of benzene rings is 2. The van der Waals surface area contributed by atoms with Gasteiger partial charge in [-0.2, -0.15) is 0 Å². The van der Waals surface area contributed by atoms with Crippen molar-refractivity contribution in [2.45, 2.75) is 6.04 Å². The van der Waals surface area contributed by atoms with Crippen LogP contribution < -0.4 is 5.32 Å². The molecule has 152 valence electrons. The molecule has 0 bridgehead atoms. The Hall–Kier alpha value is -3.20. The second kappa shape index (κ2) is 8.44. The molecule has 1 atom stereocenters. The Bertz CT molecular complexity index is 1040. The van der Waals surface area contributed by atoms with Crippen LogP contribution in [0.1, 0.15) is 22.1 Å². The lowest BCUT2D eigenvalue weighted by atomic mass is 10.0. The third-order valence-electron chi connectivity index (χ3n) is 4.35. The summed E-state index contributed by atoms with van der Waals surface area (Å²) in [5, 5.41) is 6.24. The number of carbonyl (C=O) groups is 1. The normalized spacial score (nSPS) is 12.2. The highest BCUT2D eigenvalue weighted by Gasteiger charge is 2.21. The molecule has 1 unspecified atom stereocenters. The number of hydrogen-bond donors (Lipinski definition) is 1. The summed E-state index contributed by atoms with van der Waals surface area (Å²) in [6.07, 6.45) is 0. The van der Waals surface area contributed by atoms with Crippen LogP contribution in [0.25, 0.3) is 11.3 Å². The van der Waals surface area contributed by atoms with Crippen LogP contribution in [0.15, 0.2) is 47.0 Å². The standard InChI is InChI=1S/C20H17F4N3O2/c1-27(2)18(13-5-4-12(21)8-15(13)23)10-25-20(28)17-9-19(29-26-17)11-3-6-14(22)16(24)7-11/h3-9,18H,10H2,1-2H3,(H,25,28). The Morgan fingerprint density at radius 3 is 2.45 bits per heavy atom. The van der Waals surface area contributed by atoms with Gasteiger partial charge in [0.05, 0.1) is 6.04 Å². The molecular weight excluding hydrogens is 390 g/mol. The van der Waals surface area contributed by atoms with Gasteiger partial charge in [0.1, 0.15) is 11.6 Å². The number of aromatic nitrogens is 1. The van der Waals surface area contributed by atoms with E-state index in [-0.39, 0.29) is 29.1 Å². The fourth-order valence-corrected chi connectivity index (χ4v) is 2.79. The summed E-state index contributed by atoms with van der Waals surface area (Å²) < 4.78 is 58.7. The second-order valence-corrected chi connectivity index (χ2v) is 6.56. The van der Waals surface area contributed by atoms with Crippen molar-refractivity contribution in [1.82, 2.24) is 15.4 Å². The Morgan fingerprint density at radius 1 is 1.03 bits per heavy atom. The number of rotatable bonds is 6. The summed E-state index contributed by atoms with van der Waals surface area (Å²) in [6.45, 7) is 0.0156. The Balaban J connectivity index is 1.72. The molecule has 0 fully saturated rings. The van der Waals surface area contributed by atoms with Gasteiger partial charge in [-0.1, -0.05) is 11.2 Å². The lowest BCUT2D eigenvalue weighted by Gasteiger charge is -2.25. The molecule has 1 heterocycles. The first-order chi connectivity index (χ1) is 13.8. The topological polar surface area (TPSA) is 58.4 Å². The molecule has 0 spiro atoms. The van der Waals surface area contributed by atoms with Gasteiger partial charge >= 0.3 is 0 Å². The maximum absolute atomic E-state index is 14.1. The summed E-state index contributed by atoms with van der Waals surface area (Å²) in [6, 6.07) is 7.12. The minimum absolute atomic E-state index is 0.0156. The minimum atomic E-state index is -1.06. The summed E-state index contributed by atoms with van der Waals surface area (Å²) in [7, 11) is 3.38. The van der Waals surface area contributed by atoms with Gasteiger partial charge < -0.3 is 14.7 Å². The van der Waals surface area contributed by atoms with Crippen molar-refractivity contribution in [3.8, 4) is 11.3 Å². The lowest BCUT2D eigenvalue weighted by molar-refractivity contribution is 0.0932. The zero-order valence-corrected chi connectivity index (χ0v) is 15.5. The molecule has 0 saturated carbocycles. The molecule has 9 heteroatoms. The molecule has 3 rings (SSSR count). The molecule has 0 aliphatic heterocycles. The highest BCUT2D eigenvalue weighted by atomic mass is 19.2. The maximum Gasteiger partial charge on any atom is 0.273 e. The van der Waals surface area contributed by atoms with Crippen molar-refractivity contribution < 1.29 is 26.9 Å². The van der Waals surface area contributed by atoms with Crippen molar-refractivity contribution in [3.63, 3.8) is 0 Å². The van der Waals surface area contributed by atoms with Crippen LogP contribution in [0.3, 0.4) is 0 Å². The fourth-order valence-electron chi connectivity index (χ4n) is 2.79. The van der Waals surface area contributed by atoms with Gasteiger partial charge in [0.25, 0.3) is 5.91 Å². The smallest absolute Gasteiger partial charge is 0.273 e. The van der Waals surface area contributed by atoms with Crippen LogP contribution in [0, 0.1) is 23.3 Å². The quantitative estimate of drug-likeness (QED) is 0.629. The SMILES string of the molecule is CN(C)C(CNC(=O)c1cc(-c2ccc(F)c(F)c2)on1)c1ccc(F)cc1F. The maximum atomic E-state index is 14.1. The van der Waals surface area contributed by atoms with Gasteiger partial charge in [0.2, 0.25) is 0 Å². The molecule has 0 radical (unpaired) electrons. The van der Waals surface area contributed by atoms with E-state index >= 15 is 0 Å². The number of amides is 1. The van der Waals surface area contributed by atoms with Crippen LogP contribution in [0.4, 0.5) is 17.6 Å². The Kier molecular flexibility index (Phi) is 5.97. The van der Waals surface area contributed by atoms with Gasteiger partial charge in [0.15, 0.2) is 23.1 Å². The first-order valence-corrected chi connectivity index (χ1v) is 8.58. The zero-order valence-electron chi connectivity index (χ0n) is 15.5. The largest absolute Gasteiger partial charge is 0.355 e. The van der Waals surface area contributed by atoms with Crippen molar-refractivity contribution in [3.05, 3.63) is 77.0 Å². The summed E-state index contributed by atoms with van der Waals surface area (Å²) in [5.41, 5.74) is 0.358. The van der Waals surface area contributed by atoms with E-state index in [2.05, 4.69) is 10.5 Å². The average molecular weight is 407 g/mol. The van der Waals surface area contributed by atoms with E-state index in [0.717, 1.165) is 24.3 Å². The second-order valence-electron chi connectivity index (χ2n) is 6.56. The van der Waals surface area contributed by atoms with Crippen LogP contribution >= 0.6 is 0 Å². The van der Waals surface area contributed by atoms with Gasteiger partial charge in [-0.25, -0.2) is 17.6 Å². The van der Waals surface area contributed by atoms with Crippen LogP contribution in [-0.4, -0.2) is 36.6 Å². The van der Waals surface area contributed by atoms with Crippen molar-refractivity contribution in [2.24, 2.45) is 0 Å². The predicted molar refractivity (Wildman–Crippen MR) is 97.0 cm³/mol. The van der Waals surface area contributed by atoms with E-state index < -0.39 is 35.2 Å². The van der Waals surface area contributed by atoms with Crippen molar-refractivity contribution in [1.29, 1.82) is 0 Å². The summed E-state index contributed by atoms with van der Waals surface area (Å²) in [5.74, 6) is -3.99. The number of nitrogens with zero attached hydrogens (tertiary/aromatic N) is 2. The summed E-state index contributed by atoms with van der Waals surface area (Å²) >= 11 is 0. The van der Waals surface area contributed by atoms with Crippen LogP contribution in [0.5, 0.6) is 0 Å². The third kappa shape index (κ3) is 4.62. The first kappa shape index (κ1) is 20.5. The fraction of sp³-hybridized carbons (Fsp3) is 0.200. The monoisotopic (exact) mass is 407 g/mol. The molecule has 5 nitrogen and oxygen atoms in total. The highest BCUT2D eigenvalue weighted by Crippen LogP contribution is 2.24. The van der Waals surface area contributed by atoms with Gasteiger partial charge in [-0.15, -0.1) is 0 Å². The van der Waals surface area contributed by atoms with E-state index in [1.165, 1.54) is 18.2 Å². The Morgan fingerprint density at radius 2 is 1.79 bits per heavy atom. The first-order valence-electron chi connectivity index (χ1n) is 8.58. The molecule has 0 aliphatic rings. The Labute approximate surface area is 163 Å². The molecule has 1 N–H and O–H groups in total. The molecule has 0 saturated heterocycles. The molecule has 2 aromatic carbocycles. The lowest BCUT2D eigenvalue weighted by Crippen LogP contribution is -2.35. The predicted octanol–water partition coefficient (Wildman–Crippen LogP) is 3.93. The number of halogens is 4. The molecule has 3 aromatic rings. The summed E-state index contributed by atoms with van der Waals surface area (Å²) in [4.78, 5) is 14.0. The third-order valence-corrected chi connectivity index (χ3v) is 4.35. The molecule has 0 aliphatic carbocycles. The zero-order chi connectivity index (χ0) is 21.1. The van der Waals surface area contributed by atoms with Gasteiger partial charge in [0, 0.05) is 29.8 Å². The molecular formula is C20H17F4N3O2. The number of likely N-dealkylation sites (N-methyl/N-ethyl adjacent to an activating group) is 1. The van der Waals surface area contributed by atoms with Crippen LogP contribution in [-0.2, 0) is 0 Å². The van der Waals surface area contributed by atoms with E-state index in [1.54, 1.807) is 19.0 Å². The number of nitrogens with one attached hydrogen (secondary N) is 1. The molecule has 29 heavy (non-hydrogen) atoms. The molecule has 1 aromatic heterocycles. The highest BCUT2D eigenvalue weighted by molar-refractivity contribution is 5.93. The van der Waals surface area contributed by atoms with Gasteiger partial charge in [-0.05, 0) is 38.4 Å². The van der Waals surface area contributed by atoms with E-state index in [1.807, 2.05) is 0 Å². The van der Waals surface area contributed by atoms with Crippen LogP contribution in [0.2, 0.25) is 0 Å². The van der Waals surface area contributed by atoms with Gasteiger partial charge in [-0.3, -0.25) is 4.79 Å². The minimum Gasteiger partial charge on any atom is -0.355 e. The van der Waals surface area contributed by atoms with Crippen molar-refractivity contribution >= 4 is 5.91 Å². The van der Waals surface area contributed by atoms with E-state index in [9.17, 15) is 22.4 Å².